The van der Waals surface area contributed by atoms with Gasteiger partial charge in [-0.15, -0.1) is 10.2 Å². The first-order valence-corrected chi connectivity index (χ1v) is 12.9. The number of methoxy groups -OCH3 is 1. The molecule has 0 amide bonds. The number of fused-ring (bicyclic) bond motifs is 1. The minimum atomic E-state index is -0.482. The van der Waals surface area contributed by atoms with E-state index in [0.717, 1.165) is 35.2 Å². The molecule has 39 heavy (non-hydrogen) atoms. The van der Waals surface area contributed by atoms with E-state index in [1.54, 1.807) is 24.1 Å². The number of aryl methyl sites for hydroxylation is 1. The van der Waals surface area contributed by atoms with Gasteiger partial charge in [0.2, 0.25) is 5.89 Å². The second-order valence-corrected chi connectivity index (χ2v) is 10.0. The van der Waals surface area contributed by atoms with Crippen molar-refractivity contribution >= 4 is 11.1 Å². The molecule has 10 heteroatoms. The highest BCUT2D eigenvalue weighted by molar-refractivity contribution is 5.83. The molecule has 1 fully saturated rings. The first-order valence-electron chi connectivity index (χ1n) is 12.9. The molecule has 0 spiro atoms. The average molecular weight is 531 g/mol. The van der Waals surface area contributed by atoms with E-state index in [0.29, 0.717) is 41.6 Å². The van der Waals surface area contributed by atoms with E-state index < -0.39 is 5.82 Å². The van der Waals surface area contributed by atoms with Gasteiger partial charge in [-0.1, -0.05) is 6.07 Å². The SMILES string of the molecule is CO[C@H](C)CNCc1cc(F)c2oc(-c3cc(-c4ccc(F)cc4-c4nncn4C)cc(C4CC4)n3)nc2c1. The molecule has 200 valence electrons. The van der Waals surface area contributed by atoms with Crippen molar-refractivity contribution < 1.29 is 17.9 Å². The molecule has 0 bridgehead atoms. The topological polar surface area (TPSA) is 90.9 Å². The number of halogens is 2. The molecule has 1 aliphatic rings. The van der Waals surface area contributed by atoms with Gasteiger partial charge in [-0.2, -0.15) is 0 Å². The molecule has 3 heterocycles. The summed E-state index contributed by atoms with van der Waals surface area (Å²) in [5.41, 5.74) is 4.85. The van der Waals surface area contributed by atoms with Crippen molar-refractivity contribution in [3.63, 3.8) is 0 Å². The van der Waals surface area contributed by atoms with Gasteiger partial charge in [0.1, 0.15) is 23.4 Å². The van der Waals surface area contributed by atoms with E-state index in [1.807, 2.05) is 32.2 Å². The number of pyridine rings is 1. The number of ether oxygens (including phenoxy) is 1. The number of aromatic nitrogens is 5. The van der Waals surface area contributed by atoms with Crippen molar-refractivity contribution in [2.75, 3.05) is 13.7 Å². The largest absolute Gasteiger partial charge is 0.432 e. The summed E-state index contributed by atoms with van der Waals surface area (Å²) < 4.78 is 42.3. The minimum absolute atomic E-state index is 0.0477. The molecule has 0 radical (unpaired) electrons. The zero-order chi connectivity index (χ0) is 27.1. The van der Waals surface area contributed by atoms with Gasteiger partial charge in [-0.05, 0) is 72.9 Å². The second kappa shape index (κ2) is 10.3. The standard InChI is InChI=1S/C29H28F2N6O2/c1-16(38-3)13-32-14-17-8-23(31)27-25(9-17)35-29(39-27)26-11-19(10-24(34-26)18-4-5-18)21-7-6-20(30)12-22(21)28-36-33-15-37(28)2/h6-12,15-16,18,32H,4-5,13-14H2,1-3H3/t16-/m1/s1. The van der Waals surface area contributed by atoms with Gasteiger partial charge in [-0.25, -0.2) is 18.7 Å². The molecule has 0 unspecified atom stereocenters. The van der Waals surface area contributed by atoms with E-state index in [-0.39, 0.29) is 23.4 Å². The molecular weight excluding hydrogens is 502 g/mol. The van der Waals surface area contributed by atoms with Crippen LogP contribution in [0.4, 0.5) is 8.78 Å². The monoisotopic (exact) mass is 530 g/mol. The molecule has 1 saturated carbocycles. The summed E-state index contributed by atoms with van der Waals surface area (Å²) in [6, 6.07) is 11.7. The lowest BCUT2D eigenvalue weighted by atomic mass is 9.97. The van der Waals surface area contributed by atoms with Gasteiger partial charge in [0.15, 0.2) is 17.2 Å². The Bertz CT molecular complexity index is 1660. The van der Waals surface area contributed by atoms with Gasteiger partial charge in [0.25, 0.3) is 0 Å². The van der Waals surface area contributed by atoms with Crippen LogP contribution in [0.3, 0.4) is 0 Å². The predicted octanol–water partition coefficient (Wildman–Crippen LogP) is 5.63. The fraction of sp³-hybridized carbons (Fsp3) is 0.310. The number of hydrogen-bond donors (Lipinski definition) is 1. The molecule has 1 aliphatic carbocycles. The smallest absolute Gasteiger partial charge is 0.246 e. The molecule has 5 aromatic rings. The van der Waals surface area contributed by atoms with Crippen molar-refractivity contribution in [1.82, 2.24) is 30.0 Å². The van der Waals surface area contributed by atoms with E-state index in [4.69, 9.17) is 14.1 Å². The Hall–Kier alpha value is -4.02. The third kappa shape index (κ3) is 5.17. The number of benzene rings is 2. The zero-order valence-electron chi connectivity index (χ0n) is 21.9. The van der Waals surface area contributed by atoms with Crippen molar-refractivity contribution in [2.24, 2.45) is 7.05 Å². The quantitative estimate of drug-likeness (QED) is 0.264. The Kier molecular flexibility index (Phi) is 6.66. The van der Waals surface area contributed by atoms with E-state index in [1.165, 1.54) is 18.2 Å². The fourth-order valence-corrected chi connectivity index (χ4v) is 4.65. The molecule has 1 atom stereocenters. The maximum absolute atomic E-state index is 15.0. The van der Waals surface area contributed by atoms with E-state index in [2.05, 4.69) is 20.5 Å². The van der Waals surface area contributed by atoms with Crippen LogP contribution in [0.15, 0.2) is 53.2 Å². The van der Waals surface area contributed by atoms with Crippen LogP contribution in [0.5, 0.6) is 0 Å². The van der Waals surface area contributed by atoms with Gasteiger partial charge in [-0.3, -0.25) is 0 Å². The first-order chi connectivity index (χ1) is 18.9. The van der Waals surface area contributed by atoms with Gasteiger partial charge < -0.3 is 19.0 Å². The van der Waals surface area contributed by atoms with Crippen LogP contribution in [0.25, 0.3) is 45.2 Å². The van der Waals surface area contributed by atoms with Gasteiger partial charge in [0, 0.05) is 44.4 Å². The Morgan fingerprint density at radius 3 is 2.69 bits per heavy atom. The first kappa shape index (κ1) is 25.3. The number of rotatable bonds is 9. The lowest BCUT2D eigenvalue weighted by Crippen LogP contribution is -2.25. The Morgan fingerprint density at radius 2 is 1.95 bits per heavy atom. The predicted molar refractivity (Wildman–Crippen MR) is 143 cm³/mol. The van der Waals surface area contributed by atoms with Crippen LogP contribution < -0.4 is 5.32 Å². The van der Waals surface area contributed by atoms with E-state index in [9.17, 15) is 4.39 Å². The summed E-state index contributed by atoms with van der Waals surface area (Å²) in [4.78, 5) is 9.44. The van der Waals surface area contributed by atoms with Crippen LogP contribution in [-0.2, 0) is 18.3 Å². The van der Waals surface area contributed by atoms with E-state index >= 15 is 4.39 Å². The fourth-order valence-electron chi connectivity index (χ4n) is 4.65. The van der Waals surface area contributed by atoms with Crippen molar-refractivity contribution in [1.29, 1.82) is 0 Å². The Balaban J connectivity index is 1.41. The molecular formula is C29H28F2N6O2. The van der Waals surface area contributed by atoms with Crippen molar-refractivity contribution in [2.45, 2.75) is 38.3 Å². The van der Waals surface area contributed by atoms with Gasteiger partial charge >= 0.3 is 0 Å². The summed E-state index contributed by atoms with van der Waals surface area (Å²) in [5.74, 6) is 0.249. The highest BCUT2D eigenvalue weighted by atomic mass is 19.1. The molecule has 1 N–H and O–H groups in total. The van der Waals surface area contributed by atoms with Gasteiger partial charge in [0.05, 0.1) is 6.10 Å². The molecule has 8 nitrogen and oxygen atoms in total. The zero-order valence-corrected chi connectivity index (χ0v) is 21.9. The summed E-state index contributed by atoms with van der Waals surface area (Å²) in [6.07, 6.45) is 3.70. The average Bonchev–Trinajstić information content (AvgIpc) is 3.55. The summed E-state index contributed by atoms with van der Waals surface area (Å²) >= 11 is 0. The number of nitrogens with zero attached hydrogens (tertiary/aromatic N) is 5. The lowest BCUT2D eigenvalue weighted by molar-refractivity contribution is 0.117. The maximum atomic E-state index is 15.0. The third-order valence-electron chi connectivity index (χ3n) is 6.97. The second-order valence-electron chi connectivity index (χ2n) is 10.0. The molecule has 0 aliphatic heterocycles. The van der Waals surface area contributed by atoms with Crippen LogP contribution in [0.1, 0.15) is 36.9 Å². The molecule has 2 aromatic carbocycles. The number of nitrogens with one attached hydrogen (secondary N) is 1. The Labute approximate surface area is 224 Å². The molecule has 3 aromatic heterocycles. The highest BCUT2D eigenvalue weighted by Gasteiger charge is 2.27. The Morgan fingerprint density at radius 1 is 1.10 bits per heavy atom. The number of hydrogen-bond acceptors (Lipinski definition) is 7. The van der Waals surface area contributed by atoms with Crippen LogP contribution >= 0.6 is 0 Å². The lowest BCUT2D eigenvalue weighted by Gasteiger charge is -2.12. The summed E-state index contributed by atoms with van der Waals surface area (Å²) in [5, 5.41) is 11.4. The molecule has 0 saturated heterocycles. The highest BCUT2D eigenvalue weighted by Crippen LogP contribution is 2.42. The molecule has 6 rings (SSSR count). The van der Waals surface area contributed by atoms with Crippen LogP contribution in [0, 0.1) is 11.6 Å². The van der Waals surface area contributed by atoms with Crippen LogP contribution in [0.2, 0.25) is 0 Å². The number of oxazole rings is 1. The third-order valence-corrected chi connectivity index (χ3v) is 6.97. The van der Waals surface area contributed by atoms with Crippen LogP contribution in [-0.4, -0.2) is 44.5 Å². The summed E-state index contributed by atoms with van der Waals surface area (Å²) in [6.45, 7) is 3.07. The maximum Gasteiger partial charge on any atom is 0.246 e. The summed E-state index contributed by atoms with van der Waals surface area (Å²) in [7, 11) is 3.46. The minimum Gasteiger partial charge on any atom is -0.432 e. The van der Waals surface area contributed by atoms with Crippen molar-refractivity contribution in [3.8, 4) is 34.1 Å². The normalized spacial score (nSPS) is 14.3. The van der Waals surface area contributed by atoms with Crippen molar-refractivity contribution in [3.05, 3.63) is 71.7 Å².